The van der Waals surface area contributed by atoms with Crippen LogP contribution in [0.2, 0.25) is 0 Å². The quantitative estimate of drug-likeness (QED) is 0.753. The van der Waals surface area contributed by atoms with Crippen molar-refractivity contribution in [2.75, 3.05) is 13.2 Å². The second kappa shape index (κ2) is 5.48. The summed E-state index contributed by atoms with van der Waals surface area (Å²) in [5.41, 5.74) is 0. The summed E-state index contributed by atoms with van der Waals surface area (Å²) in [4.78, 5) is 0. The molecule has 0 radical (unpaired) electrons. The van der Waals surface area contributed by atoms with Gasteiger partial charge in [-0.1, -0.05) is 0 Å². The predicted octanol–water partition coefficient (Wildman–Crippen LogP) is 1.84. The molecule has 2 aliphatic rings. The van der Waals surface area contributed by atoms with E-state index in [9.17, 15) is 0 Å². The van der Waals surface area contributed by atoms with E-state index in [1.807, 2.05) is 0 Å². The zero-order chi connectivity index (χ0) is 10.5. The Morgan fingerprint density at radius 1 is 0.933 bits per heavy atom. The van der Waals surface area contributed by atoms with Crippen LogP contribution in [0, 0.1) is 17.2 Å². The van der Waals surface area contributed by atoms with Crippen LogP contribution in [0.1, 0.15) is 38.5 Å². The largest absolute Gasteiger partial charge is 0.381 e. The first kappa shape index (κ1) is 10.9. The van der Waals surface area contributed by atoms with E-state index in [2.05, 4.69) is 11.4 Å². The third-order valence-corrected chi connectivity index (χ3v) is 3.60. The zero-order valence-corrected chi connectivity index (χ0v) is 9.24. The van der Waals surface area contributed by atoms with Crippen LogP contribution in [0.15, 0.2) is 0 Å². The van der Waals surface area contributed by atoms with Gasteiger partial charge in [0.25, 0.3) is 0 Å². The van der Waals surface area contributed by atoms with Crippen molar-refractivity contribution in [3.05, 3.63) is 0 Å². The van der Waals surface area contributed by atoms with Crippen molar-refractivity contribution in [3.63, 3.8) is 0 Å². The molecular weight excluding hydrogens is 188 g/mol. The van der Waals surface area contributed by atoms with Crippen LogP contribution in [-0.4, -0.2) is 25.3 Å². The topological polar surface area (TPSA) is 45.0 Å². The minimum absolute atomic E-state index is 0.317. The van der Waals surface area contributed by atoms with Crippen LogP contribution >= 0.6 is 0 Å². The zero-order valence-electron chi connectivity index (χ0n) is 9.24. The summed E-state index contributed by atoms with van der Waals surface area (Å²) < 4.78 is 5.34. The van der Waals surface area contributed by atoms with E-state index in [0.29, 0.717) is 18.0 Å². The second-order valence-electron chi connectivity index (χ2n) is 4.73. The van der Waals surface area contributed by atoms with E-state index in [0.717, 1.165) is 38.9 Å². The van der Waals surface area contributed by atoms with Crippen molar-refractivity contribution in [2.24, 2.45) is 5.92 Å². The Hall–Kier alpha value is -0.590. The Morgan fingerprint density at radius 3 is 2.13 bits per heavy atom. The first-order valence-electron chi connectivity index (χ1n) is 6.12. The third-order valence-electron chi connectivity index (χ3n) is 3.60. The van der Waals surface area contributed by atoms with Gasteiger partial charge in [0.05, 0.1) is 6.07 Å². The maximum Gasteiger partial charge on any atom is 0.0655 e. The third kappa shape index (κ3) is 3.19. The average Bonchev–Trinajstić information content (AvgIpc) is 2.31. The maximum absolute atomic E-state index is 8.81. The number of ether oxygens (including phenoxy) is 1. The molecule has 0 aromatic rings. The minimum atomic E-state index is 0.317. The van der Waals surface area contributed by atoms with Gasteiger partial charge in [0.1, 0.15) is 0 Å². The molecule has 1 N–H and O–H groups in total. The van der Waals surface area contributed by atoms with E-state index in [1.54, 1.807) is 0 Å². The van der Waals surface area contributed by atoms with E-state index >= 15 is 0 Å². The summed E-state index contributed by atoms with van der Waals surface area (Å²) in [6, 6.07) is 3.69. The Balaban J connectivity index is 1.69. The van der Waals surface area contributed by atoms with Crippen molar-refractivity contribution < 1.29 is 4.74 Å². The molecule has 0 bridgehead atoms. The van der Waals surface area contributed by atoms with E-state index in [1.165, 1.54) is 12.8 Å². The standard InChI is InChI=1S/C12H20N2O/c13-9-10-1-3-11(4-2-10)14-12-5-7-15-8-6-12/h10-12,14H,1-8H2. The summed E-state index contributed by atoms with van der Waals surface area (Å²) >= 11 is 0. The normalized spacial score (nSPS) is 33.5. The van der Waals surface area contributed by atoms with Gasteiger partial charge in [-0.15, -0.1) is 0 Å². The molecule has 1 aliphatic carbocycles. The molecule has 0 atom stereocenters. The molecule has 0 amide bonds. The van der Waals surface area contributed by atoms with Crippen molar-refractivity contribution in [3.8, 4) is 6.07 Å². The van der Waals surface area contributed by atoms with Gasteiger partial charge in [0.2, 0.25) is 0 Å². The molecule has 0 unspecified atom stereocenters. The highest BCUT2D eigenvalue weighted by Crippen LogP contribution is 2.24. The van der Waals surface area contributed by atoms with E-state index in [-0.39, 0.29) is 0 Å². The molecule has 1 aliphatic heterocycles. The first-order valence-corrected chi connectivity index (χ1v) is 6.12. The monoisotopic (exact) mass is 208 g/mol. The number of rotatable bonds is 2. The predicted molar refractivity (Wildman–Crippen MR) is 58.3 cm³/mol. The lowest BCUT2D eigenvalue weighted by molar-refractivity contribution is 0.0727. The van der Waals surface area contributed by atoms with Crippen molar-refractivity contribution in [1.29, 1.82) is 5.26 Å². The molecule has 1 saturated carbocycles. The second-order valence-corrected chi connectivity index (χ2v) is 4.73. The maximum atomic E-state index is 8.81. The minimum Gasteiger partial charge on any atom is -0.381 e. The van der Waals surface area contributed by atoms with Gasteiger partial charge in [0.15, 0.2) is 0 Å². The summed E-state index contributed by atoms with van der Waals surface area (Å²) in [5.74, 6) is 0.317. The van der Waals surface area contributed by atoms with Gasteiger partial charge >= 0.3 is 0 Å². The van der Waals surface area contributed by atoms with Crippen LogP contribution in [-0.2, 0) is 4.74 Å². The number of hydrogen-bond donors (Lipinski definition) is 1. The van der Waals surface area contributed by atoms with Gasteiger partial charge in [-0.2, -0.15) is 5.26 Å². The average molecular weight is 208 g/mol. The molecule has 84 valence electrons. The van der Waals surface area contributed by atoms with Gasteiger partial charge in [-0.3, -0.25) is 0 Å². The molecule has 3 heteroatoms. The fourth-order valence-electron chi connectivity index (χ4n) is 2.59. The molecule has 0 spiro atoms. The van der Waals surface area contributed by atoms with Gasteiger partial charge in [-0.05, 0) is 38.5 Å². The van der Waals surface area contributed by atoms with Crippen LogP contribution in [0.5, 0.6) is 0 Å². The van der Waals surface area contributed by atoms with Crippen molar-refractivity contribution >= 4 is 0 Å². The van der Waals surface area contributed by atoms with Gasteiger partial charge in [0, 0.05) is 31.2 Å². The number of hydrogen-bond acceptors (Lipinski definition) is 3. The van der Waals surface area contributed by atoms with E-state index in [4.69, 9.17) is 10.00 Å². The van der Waals surface area contributed by atoms with Crippen molar-refractivity contribution in [2.45, 2.75) is 50.6 Å². The molecule has 1 heterocycles. The van der Waals surface area contributed by atoms with E-state index < -0.39 is 0 Å². The molecule has 2 rings (SSSR count). The molecule has 3 nitrogen and oxygen atoms in total. The van der Waals surface area contributed by atoms with Crippen LogP contribution in [0.25, 0.3) is 0 Å². The highest BCUT2D eigenvalue weighted by molar-refractivity contribution is 4.90. The number of nitrogens with zero attached hydrogens (tertiary/aromatic N) is 1. The fraction of sp³-hybridized carbons (Fsp3) is 0.917. The summed E-state index contributed by atoms with van der Waals surface area (Å²) in [6.07, 6.45) is 6.82. The fourth-order valence-corrected chi connectivity index (χ4v) is 2.59. The molecular formula is C12H20N2O. The summed E-state index contributed by atoms with van der Waals surface area (Å²) in [7, 11) is 0. The molecule has 15 heavy (non-hydrogen) atoms. The Labute approximate surface area is 91.8 Å². The van der Waals surface area contributed by atoms with Crippen molar-refractivity contribution in [1.82, 2.24) is 5.32 Å². The highest BCUT2D eigenvalue weighted by Gasteiger charge is 2.23. The number of nitriles is 1. The molecule has 1 saturated heterocycles. The number of nitrogens with one attached hydrogen (secondary N) is 1. The molecule has 0 aromatic carbocycles. The first-order chi connectivity index (χ1) is 7.38. The van der Waals surface area contributed by atoms with Crippen LogP contribution in [0.4, 0.5) is 0 Å². The van der Waals surface area contributed by atoms with Crippen LogP contribution < -0.4 is 5.32 Å². The van der Waals surface area contributed by atoms with Gasteiger partial charge < -0.3 is 10.1 Å². The smallest absolute Gasteiger partial charge is 0.0655 e. The lowest BCUT2D eigenvalue weighted by Gasteiger charge is -2.31. The Kier molecular flexibility index (Phi) is 3.99. The summed E-state index contributed by atoms with van der Waals surface area (Å²) in [5, 5.41) is 12.5. The lowest BCUT2D eigenvalue weighted by atomic mass is 9.86. The summed E-state index contributed by atoms with van der Waals surface area (Å²) in [6.45, 7) is 1.82. The SMILES string of the molecule is N#CC1CCC(NC2CCOCC2)CC1. The molecule has 2 fully saturated rings. The lowest BCUT2D eigenvalue weighted by Crippen LogP contribution is -2.43. The Bertz CT molecular complexity index is 222. The highest BCUT2D eigenvalue weighted by atomic mass is 16.5. The van der Waals surface area contributed by atoms with Crippen LogP contribution in [0.3, 0.4) is 0 Å². The van der Waals surface area contributed by atoms with Gasteiger partial charge in [-0.25, -0.2) is 0 Å². The Morgan fingerprint density at radius 2 is 1.53 bits per heavy atom. The molecule has 0 aromatic heterocycles.